The molecular formula is C14H20ClNO. The van der Waals surface area contributed by atoms with E-state index in [9.17, 15) is 5.11 Å². The highest BCUT2D eigenvalue weighted by Crippen LogP contribution is 2.02. The zero-order chi connectivity index (χ0) is 12.0. The third-order valence-corrected chi connectivity index (χ3v) is 2.04. The van der Waals surface area contributed by atoms with Crippen LogP contribution in [0, 0.1) is 11.8 Å². The van der Waals surface area contributed by atoms with E-state index in [1.54, 1.807) is 13.8 Å². The van der Waals surface area contributed by atoms with E-state index in [-0.39, 0.29) is 12.4 Å². The molecule has 1 aromatic rings. The highest BCUT2D eigenvalue weighted by atomic mass is 35.5. The Labute approximate surface area is 110 Å². The Morgan fingerprint density at radius 2 is 1.82 bits per heavy atom. The van der Waals surface area contributed by atoms with Gasteiger partial charge in [0.1, 0.15) is 5.60 Å². The number of hydrogen-bond acceptors (Lipinski definition) is 2. The highest BCUT2D eigenvalue weighted by molar-refractivity contribution is 5.85. The van der Waals surface area contributed by atoms with Crippen LogP contribution in [0.15, 0.2) is 30.3 Å². The van der Waals surface area contributed by atoms with Crippen LogP contribution in [0.4, 0.5) is 0 Å². The molecule has 94 valence electrons. The monoisotopic (exact) mass is 253 g/mol. The standard InChI is InChI=1S/C14H19NO.ClH/c1-14(2,16)10-7-11-15(3)12-13-8-5-4-6-9-13;/h4-6,8-9,16H,11-12H2,1-3H3;1H. The summed E-state index contributed by atoms with van der Waals surface area (Å²) >= 11 is 0. The molecule has 3 heteroatoms. The molecule has 0 heterocycles. The van der Waals surface area contributed by atoms with Gasteiger partial charge in [-0.05, 0) is 26.5 Å². The van der Waals surface area contributed by atoms with Crippen LogP contribution in [0.2, 0.25) is 0 Å². The van der Waals surface area contributed by atoms with Crippen LogP contribution in [0.3, 0.4) is 0 Å². The van der Waals surface area contributed by atoms with Crippen LogP contribution in [-0.4, -0.2) is 29.2 Å². The third-order valence-electron chi connectivity index (χ3n) is 2.04. The fourth-order valence-corrected chi connectivity index (χ4v) is 1.34. The first-order valence-corrected chi connectivity index (χ1v) is 5.42. The van der Waals surface area contributed by atoms with Crippen LogP contribution in [0.25, 0.3) is 0 Å². The molecule has 0 saturated heterocycles. The zero-order valence-electron chi connectivity index (χ0n) is 10.6. The van der Waals surface area contributed by atoms with E-state index in [0.717, 1.165) is 6.54 Å². The van der Waals surface area contributed by atoms with Crippen molar-refractivity contribution in [2.45, 2.75) is 26.0 Å². The summed E-state index contributed by atoms with van der Waals surface area (Å²) < 4.78 is 0. The summed E-state index contributed by atoms with van der Waals surface area (Å²) in [5, 5.41) is 9.43. The number of hydrogen-bond donors (Lipinski definition) is 1. The highest BCUT2D eigenvalue weighted by Gasteiger charge is 2.05. The van der Waals surface area contributed by atoms with E-state index in [4.69, 9.17) is 0 Å². The van der Waals surface area contributed by atoms with Gasteiger partial charge in [0.2, 0.25) is 0 Å². The molecule has 1 aromatic carbocycles. The minimum absolute atomic E-state index is 0. The first kappa shape index (κ1) is 16.0. The molecule has 1 rings (SSSR count). The van der Waals surface area contributed by atoms with E-state index in [1.165, 1.54) is 5.56 Å². The van der Waals surface area contributed by atoms with Gasteiger partial charge in [0, 0.05) is 6.54 Å². The van der Waals surface area contributed by atoms with Crippen molar-refractivity contribution in [2.24, 2.45) is 0 Å². The third kappa shape index (κ3) is 7.82. The molecule has 2 nitrogen and oxygen atoms in total. The quantitative estimate of drug-likeness (QED) is 0.836. The lowest BCUT2D eigenvalue weighted by Crippen LogP contribution is -2.20. The van der Waals surface area contributed by atoms with Gasteiger partial charge < -0.3 is 5.11 Å². The molecule has 17 heavy (non-hydrogen) atoms. The zero-order valence-corrected chi connectivity index (χ0v) is 11.4. The second-order valence-electron chi connectivity index (χ2n) is 4.52. The van der Waals surface area contributed by atoms with Gasteiger partial charge in [0.15, 0.2) is 0 Å². The maximum Gasteiger partial charge on any atom is 0.120 e. The van der Waals surface area contributed by atoms with Gasteiger partial charge in [0.05, 0.1) is 6.54 Å². The normalized spacial score (nSPS) is 10.4. The number of benzene rings is 1. The Morgan fingerprint density at radius 1 is 1.24 bits per heavy atom. The Bertz CT molecular complexity index is 373. The summed E-state index contributed by atoms with van der Waals surface area (Å²) in [5.74, 6) is 5.77. The maximum absolute atomic E-state index is 9.43. The molecule has 0 aromatic heterocycles. The molecular weight excluding hydrogens is 234 g/mol. The fraction of sp³-hybridized carbons (Fsp3) is 0.429. The van der Waals surface area contributed by atoms with Gasteiger partial charge in [-0.1, -0.05) is 42.2 Å². The lowest BCUT2D eigenvalue weighted by molar-refractivity contribution is 0.143. The smallest absolute Gasteiger partial charge is 0.120 e. The van der Waals surface area contributed by atoms with E-state index < -0.39 is 5.60 Å². The lowest BCUT2D eigenvalue weighted by atomic mass is 10.1. The van der Waals surface area contributed by atoms with Gasteiger partial charge in [-0.15, -0.1) is 12.4 Å². The SMILES string of the molecule is CN(CC#CC(C)(C)O)Cc1ccccc1.Cl. The second-order valence-corrected chi connectivity index (χ2v) is 4.52. The first-order chi connectivity index (χ1) is 7.47. The van der Waals surface area contributed by atoms with Crippen molar-refractivity contribution >= 4 is 12.4 Å². The van der Waals surface area contributed by atoms with E-state index in [1.807, 2.05) is 25.2 Å². The predicted octanol–water partition coefficient (Wildman–Crippen LogP) is 2.31. The predicted molar refractivity (Wildman–Crippen MR) is 74.1 cm³/mol. The van der Waals surface area contributed by atoms with Crippen LogP contribution in [0.5, 0.6) is 0 Å². The van der Waals surface area contributed by atoms with Gasteiger partial charge >= 0.3 is 0 Å². The van der Waals surface area contributed by atoms with Crippen LogP contribution < -0.4 is 0 Å². The minimum atomic E-state index is -0.895. The molecule has 0 unspecified atom stereocenters. The minimum Gasteiger partial charge on any atom is -0.378 e. The largest absolute Gasteiger partial charge is 0.378 e. The molecule has 0 saturated carbocycles. The maximum atomic E-state index is 9.43. The Hall–Kier alpha value is -1.01. The average molecular weight is 254 g/mol. The van der Waals surface area contributed by atoms with Crippen molar-refractivity contribution in [1.29, 1.82) is 0 Å². The van der Waals surface area contributed by atoms with Gasteiger partial charge in [-0.2, -0.15) is 0 Å². The molecule has 0 spiro atoms. The molecule has 0 atom stereocenters. The molecule has 0 radical (unpaired) electrons. The molecule has 0 aliphatic rings. The van der Waals surface area contributed by atoms with Crippen molar-refractivity contribution in [2.75, 3.05) is 13.6 Å². The Morgan fingerprint density at radius 3 is 2.35 bits per heavy atom. The van der Waals surface area contributed by atoms with Crippen molar-refractivity contribution in [3.63, 3.8) is 0 Å². The average Bonchev–Trinajstić information content (AvgIpc) is 2.17. The summed E-state index contributed by atoms with van der Waals surface area (Å²) in [7, 11) is 2.02. The van der Waals surface area contributed by atoms with E-state index >= 15 is 0 Å². The fourth-order valence-electron chi connectivity index (χ4n) is 1.34. The second kappa shape index (κ2) is 7.34. The summed E-state index contributed by atoms with van der Waals surface area (Å²) in [5.41, 5.74) is 0.378. The molecule has 0 amide bonds. The van der Waals surface area contributed by atoms with Gasteiger partial charge in [-0.25, -0.2) is 0 Å². The summed E-state index contributed by atoms with van der Waals surface area (Å²) in [6.07, 6.45) is 0. The van der Waals surface area contributed by atoms with Gasteiger partial charge in [0.25, 0.3) is 0 Å². The number of rotatable bonds is 3. The number of aliphatic hydroxyl groups is 1. The van der Waals surface area contributed by atoms with Crippen molar-refractivity contribution < 1.29 is 5.11 Å². The van der Waals surface area contributed by atoms with Crippen molar-refractivity contribution in [3.8, 4) is 11.8 Å². The van der Waals surface area contributed by atoms with Crippen LogP contribution in [-0.2, 0) is 6.54 Å². The van der Waals surface area contributed by atoms with Crippen LogP contribution >= 0.6 is 12.4 Å². The number of halogens is 1. The molecule has 0 aliphatic carbocycles. The van der Waals surface area contributed by atoms with Crippen molar-refractivity contribution in [1.82, 2.24) is 4.90 Å². The molecule has 0 bridgehead atoms. The Balaban J connectivity index is 0.00000256. The van der Waals surface area contributed by atoms with E-state index in [2.05, 4.69) is 28.9 Å². The topological polar surface area (TPSA) is 23.5 Å². The molecule has 0 fully saturated rings. The van der Waals surface area contributed by atoms with Gasteiger partial charge in [-0.3, -0.25) is 4.90 Å². The van der Waals surface area contributed by atoms with Crippen molar-refractivity contribution in [3.05, 3.63) is 35.9 Å². The molecule has 0 aliphatic heterocycles. The summed E-state index contributed by atoms with van der Waals surface area (Å²) in [6, 6.07) is 10.3. The lowest BCUT2D eigenvalue weighted by Gasteiger charge is -2.13. The first-order valence-electron chi connectivity index (χ1n) is 5.42. The van der Waals surface area contributed by atoms with Crippen LogP contribution in [0.1, 0.15) is 19.4 Å². The summed E-state index contributed by atoms with van der Waals surface area (Å²) in [4.78, 5) is 2.12. The Kier molecular flexibility index (Phi) is 6.91. The van der Waals surface area contributed by atoms with E-state index in [0.29, 0.717) is 6.54 Å². The summed E-state index contributed by atoms with van der Waals surface area (Å²) in [6.45, 7) is 4.93. The molecule has 1 N–H and O–H groups in total. The number of nitrogens with zero attached hydrogens (tertiary/aromatic N) is 1.